The van der Waals surface area contributed by atoms with Crippen LogP contribution in [0.3, 0.4) is 0 Å². The van der Waals surface area contributed by atoms with Crippen molar-refractivity contribution in [2.45, 2.75) is 0 Å². The normalized spacial score (nSPS) is 9.50. The van der Waals surface area contributed by atoms with Gasteiger partial charge in [-0.15, -0.1) is 0 Å². The number of phenols is 1. The molecule has 0 aliphatic rings. The standard InChI is InChI=1S/C8H8FNO2/c1-10-8(12)5-2-3-6(9)7(11)4-5/h2-4,11H,1H3,(H,10,12). The molecule has 0 unspecified atom stereocenters. The number of hydrogen-bond donors (Lipinski definition) is 2. The van der Waals surface area contributed by atoms with Gasteiger partial charge in [-0.1, -0.05) is 0 Å². The molecular weight excluding hydrogens is 161 g/mol. The van der Waals surface area contributed by atoms with Gasteiger partial charge in [0.1, 0.15) is 0 Å². The maximum Gasteiger partial charge on any atom is 0.251 e. The Labute approximate surface area is 68.8 Å². The van der Waals surface area contributed by atoms with Crippen LogP contribution in [0.15, 0.2) is 18.2 Å². The second kappa shape index (κ2) is 3.21. The molecule has 0 atom stereocenters. The quantitative estimate of drug-likeness (QED) is 0.655. The van der Waals surface area contributed by atoms with Gasteiger partial charge >= 0.3 is 0 Å². The molecule has 2 N–H and O–H groups in total. The molecule has 1 aromatic rings. The number of hydrogen-bond acceptors (Lipinski definition) is 2. The summed E-state index contributed by atoms with van der Waals surface area (Å²) in [7, 11) is 1.46. The molecule has 0 heterocycles. The molecule has 0 spiro atoms. The van der Waals surface area contributed by atoms with E-state index in [9.17, 15) is 9.18 Å². The summed E-state index contributed by atoms with van der Waals surface area (Å²) in [4.78, 5) is 10.9. The van der Waals surface area contributed by atoms with Gasteiger partial charge in [0.05, 0.1) is 0 Å². The van der Waals surface area contributed by atoms with Crippen molar-refractivity contribution < 1.29 is 14.3 Å². The first-order valence-electron chi connectivity index (χ1n) is 3.35. The number of carbonyl (C=O) groups is 1. The van der Waals surface area contributed by atoms with Crippen molar-refractivity contribution in [2.75, 3.05) is 7.05 Å². The predicted molar refractivity (Wildman–Crippen MR) is 41.5 cm³/mol. The van der Waals surface area contributed by atoms with Gasteiger partial charge in [0.15, 0.2) is 11.6 Å². The van der Waals surface area contributed by atoms with E-state index in [1.54, 1.807) is 0 Å². The molecule has 0 saturated carbocycles. The fourth-order valence-electron chi connectivity index (χ4n) is 0.798. The molecule has 64 valence electrons. The van der Waals surface area contributed by atoms with Crippen LogP contribution in [0, 0.1) is 5.82 Å². The van der Waals surface area contributed by atoms with Crippen molar-refractivity contribution >= 4 is 5.91 Å². The molecule has 0 fully saturated rings. The number of rotatable bonds is 1. The van der Waals surface area contributed by atoms with Crippen LogP contribution in [-0.4, -0.2) is 18.1 Å². The zero-order valence-electron chi connectivity index (χ0n) is 6.47. The molecule has 0 bridgehead atoms. The van der Waals surface area contributed by atoms with Crippen molar-refractivity contribution in [1.82, 2.24) is 5.32 Å². The van der Waals surface area contributed by atoms with Gasteiger partial charge in [-0.05, 0) is 18.2 Å². The topological polar surface area (TPSA) is 49.3 Å². The van der Waals surface area contributed by atoms with Gasteiger partial charge in [-0.25, -0.2) is 4.39 Å². The summed E-state index contributed by atoms with van der Waals surface area (Å²) in [5, 5.41) is 11.2. The number of amides is 1. The Morgan fingerprint density at radius 1 is 1.58 bits per heavy atom. The molecule has 0 aliphatic heterocycles. The predicted octanol–water partition coefficient (Wildman–Crippen LogP) is 0.891. The van der Waals surface area contributed by atoms with Crippen molar-refractivity contribution in [2.24, 2.45) is 0 Å². The van der Waals surface area contributed by atoms with Gasteiger partial charge in [-0.2, -0.15) is 0 Å². The average molecular weight is 169 g/mol. The van der Waals surface area contributed by atoms with Gasteiger partial charge in [0, 0.05) is 12.6 Å². The minimum atomic E-state index is -0.734. The molecule has 12 heavy (non-hydrogen) atoms. The van der Waals surface area contributed by atoms with E-state index in [1.165, 1.54) is 13.1 Å². The van der Waals surface area contributed by atoms with E-state index in [-0.39, 0.29) is 11.5 Å². The molecule has 1 amide bonds. The average Bonchev–Trinajstić information content (AvgIpc) is 2.08. The largest absolute Gasteiger partial charge is 0.505 e. The molecule has 0 aromatic heterocycles. The molecule has 4 heteroatoms. The van der Waals surface area contributed by atoms with Crippen LogP contribution in [0.25, 0.3) is 0 Å². The fourth-order valence-corrected chi connectivity index (χ4v) is 0.798. The van der Waals surface area contributed by atoms with Crippen molar-refractivity contribution in [1.29, 1.82) is 0 Å². The Hall–Kier alpha value is -1.58. The highest BCUT2D eigenvalue weighted by atomic mass is 19.1. The van der Waals surface area contributed by atoms with Crippen LogP contribution in [0.1, 0.15) is 10.4 Å². The van der Waals surface area contributed by atoms with E-state index in [2.05, 4.69) is 5.32 Å². The Morgan fingerprint density at radius 2 is 2.25 bits per heavy atom. The summed E-state index contributed by atoms with van der Waals surface area (Å²) in [6.45, 7) is 0. The lowest BCUT2D eigenvalue weighted by molar-refractivity contribution is 0.0962. The summed E-state index contributed by atoms with van der Waals surface area (Å²) in [6.07, 6.45) is 0. The molecule has 1 aromatic carbocycles. The molecule has 3 nitrogen and oxygen atoms in total. The number of nitrogens with one attached hydrogen (secondary N) is 1. The van der Waals surface area contributed by atoms with Crippen molar-refractivity contribution in [3.63, 3.8) is 0 Å². The number of phenolic OH excluding ortho intramolecular Hbond substituents is 1. The van der Waals surface area contributed by atoms with Gasteiger partial charge < -0.3 is 10.4 Å². The minimum Gasteiger partial charge on any atom is -0.505 e. The Balaban J connectivity index is 3.05. The SMILES string of the molecule is CNC(=O)c1ccc(F)c(O)c1. The van der Waals surface area contributed by atoms with Crippen molar-refractivity contribution in [3.05, 3.63) is 29.6 Å². The van der Waals surface area contributed by atoms with Crippen LogP contribution < -0.4 is 5.32 Å². The Kier molecular flexibility index (Phi) is 2.28. The molecule has 0 aliphatic carbocycles. The van der Waals surface area contributed by atoms with Crippen LogP contribution in [0.2, 0.25) is 0 Å². The number of aromatic hydroxyl groups is 1. The Bertz CT molecular complexity index is 312. The second-order valence-electron chi connectivity index (χ2n) is 2.25. The third-order valence-electron chi connectivity index (χ3n) is 1.44. The van der Waals surface area contributed by atoms with Crippen molar-refractivity contribution in [3.8, 4) is 5.75 Å². The van der Waals surface area contributed by atoms with E-state index >= 15 is 0 Å². The zero-order valence-corrected chi connectivity index (χ0v) is 6.47. The lowest BCUT2D eigenvalue weighted by Gasteiger charge is -2.00. The van der Waals surface area contributed by atoms with Crippen LogP contribution in [-0.2, 0) is 0 Å². The van der Waals surface area contributed by atoms with Gasteiger partial charge in [0.2, 0.25) is 0 Å². The minimum absolute atomic E-state index is 0.233. The third kappa shape index (κ3) is 1.53. The lowest BCUT2D eigenvalue weighted by Crippen LogP contribution is -2.17. The number of benzene rings is 1. The zero-order chi connectivity index (χ0) is 9.14. The summed E-state index contributed by atoms with van der Waals surface area (Å²) in [5.74, 6) is -1.61. The first kappa shape index (κ1) is 8.52. The highest BCUT2D eigenvalue weighted by Gasteiger charge is 2.06. The number of carbonyl (C=O) groups excluding carboxylic acids is 1. The first-order valence-corrected chi connectivity index (χ1v) is 3.35. The Morgan fingerprint density at radius 3 is 2.75 bits per heavy atom. The summed E-state index contributed by atoms with van der Waals surface area (Å²) < 4.78 is 12.5. The summed E-state index contributed by atoms with van der Waals surface area (Å²) in [5.41, 5.74) is 0.233. The van der Waals surface area contributed by atoms with Crippen LogP contribution in [0.4, 0.5) is 4.39 Å². The van der Waals surface area contributed by atoms with E-state index in [1.807, 2.05) is 0 Å². The fraction of sp³-hybridized carbons (Fsp3) is 0.125. The number of halogens is 1. The van der Waals surface area contributed by atoms with E-state index < -0.39 is 11.6 Å². The third-order valence-corrected chi connectivity index (χ3v) is 1.44. The molecule has 0 saturated heterocycles. The molecular formula is C8H8FNO2. The van der Waals surface area contributed by atoms with E-state index in [0.29, 0.717) is 0 Å². The molecule has 1 rings (SSSR count). The lowest BCUT2D eigenvalue weighted by atomic mass is 10.2. The highest BCUT2D eigenvalue weighted by molar-refractivity contribution is 5.94. The highest BCUT2D eigenvalue weighted by Crippen LogP contribution is 2.16. The summed E-state index contributed by atoms with van der Waals surface area (Å²) >= 11 is 0. The van der Waals surface area contributed by atoms with E-state index in [4.69, 9.17) is 5.11 Å². The second-order valence-corrected chi connectivity index (χ2v) is 2.25. The van der Waals surface area contributed by atoms with E-state index in [0.717, 1.165) is 12.1 Å². The van der Waals surface area contributed by atoms with Gasteiger partial charge in [-0.3, -0.25) is 4.79 Å². The molecule has 0 radical (unpaired) electrons. The summed E-state index contributed by atoms with van der Waals surface area (Å²) in [6, 6.07) is 3.42. The van der Waals surface area contributed by atoms with Gasteiger partial charge in [0.25, 0.3) is 5.91 Å². The monoisotopic (exact) mass is 169 g/mol. The van der Waals surface area contributed by atoms with Crippen LogP contribution in [0.5, 0.6) is 5.75 Å². The first-order chi connectivity index (χ1) is 5.65. The maximum absolute atomic E-state index is 12.5. The maximum atomic E-state index is 12.5. The van der Waals surface area contributed by atoms with Crippen LogP contribution >= 0.6 is 0 Å². The smallest absolute Gasteiger partial charge is 0.251 e.